The van der Waals surface area contributed by atoms with Crippen LogP contribution in [0.25, 0.3) is 0 Å². The standard InChI is InChI=1S/C12H13N3O5/c1-20-10-3-2-8(15(18)19)5-9(10)14-12(17)7-4-11(16)13-6-7/h2-3,5,7H,4,6H2,1H3,(H,13,16)(H,14,17). The summed E-state index contributed by atoms with van der Waals surface area (Å²) < 4.78 is 5.04. The van der Waals surface area contributed by atoms with Crippen molar-refractivity contribution in [3.8, 4) is 5.75 Å². The van der Waals surface area contributed by atoms with Crippen LogP contribution < -0.4 is 15.4 Å². The van der Waals surface area contributed by atoms with Crippen LogP contribution in [0.1, 0.15) is 6.42 Å². The third kappa shape index (κ3) is 2.85. The summed E-state index contributed by atoms with van der Waals surface area (Å²) in [6, 6.07) is 3.92. The lowest BCUT2D eigenvalue weighted by Gasteiger charge is -2.12. The predicted molar refractivity (Wildman–Crippen MR) is 69.4 cm³/mol. The number of methoxy groups -OCH3 is 1. The summed E-state index contributed by atoms with van der Waals surface area (Å²) in [5.74, 6) is -0.717. The first-order valence-corrected chi connectivity index (χ1v) is 5.91. The molecule has 2 N–H and O–H groups in total. The van der Waals surface area contributed by atoms with E-state index >= 15 is 0 Å². The quantitative estimate of drug-likeness (QED) is 0.622. The lowest BCUT2D eigenvalue weighted by atomic mass is 10.1. The molecule has 2 rings (SSSR count). The first-order valence-electron chi connectivity index (χ1n) is 5.91. The molecule has 1 aliphatic rings. The van der Waals surface area contributed by atoms with E-state index in [1.54, 1.807) is 0 Å². The van der Waals surface area contributed by atoms with Crippen molar-refractivity contribution in [1.29, 1.82) is 0 Å². The van der Waals surface area contributed by atoms with Gasteiger partial charge in [-0.3, -0.25) is 19.7 Å². The Balaban J connectivity index is 2.18. The van der Waals surface area contributed by atoms with Gasteiger partial charge in [0.05, 0.1) is 23.6 Å². The number of nitro benzene ring substituents is 1. The molecule has 20 heavy (non-hydrogen) atoms. The minimum absolute atomic E-state index is 0.114. The number of carbonyl (C=O) groups excluding carboxylic acids is 2. The maximum atomic E-state index is 12.0. The summed E-state index contributed by atoms with van der Waals surface area (Å²) in [7, 11) is 1.40. The lowest BCUT2D eigenvalue weighted by Crippen LogP contribution is -2.24. The number of nitrogens with zero attached hydrogens (tertiary/aromatic N) is 1. The highest BCUT2D eigenvalue weighted by atomic mass is 16.6. The van der Waals surface area contributed by atoms with Gasteiger partial charge < -0.3 is 15.4 Å². The van der Waals surface area contributed by atoms with Gasteiger partial charge in [-0.1, -0.05) is 0 Å². The van der Waals surface area contributed by atoms with Crippen LogP contribution in [-0.2, 0) is 9.59 Å². The second kappa shape index (κ2) is 5.55. The molecule has 1 atom stereocenters. The van der Waals surface area contributed by atoms with Gasteiger partial charge in [-0.25, -0.2) is 0 Å². The molecule has 8 nitrogen and oxygen atoms in total. The van der Waals surface area contributed by atoms with Crippen LogP contribution in [-0.4, -0.2) is 30.4 Å². The molecular formula is C12H13N3O5. The number of rotatable bonds is 4. The molecule has 0 saturated carbocycles. The van der Waals surface area contributed by atoms with Gasteiger partial charge in [0, 0.05) is 25.1 Å². The van der Waals surface area contributed by atoms with E-state index in [1.807, 2.05) is 0 Å². The summed E-state index contributed by atoms with van der Waals surface area (Å²) in [5, 5.41) is 15.8. The van der Waals surface area contributed by atoms with E-state index < -0.39 is 10.8 Å². The molecule has 8 heteroatoms. The average molecular weight is 279 g/mol. The van der Waals surface area contributed by atoms with Crippen molar-refractivity contribution in [3.63, 3.8) is 0 Å². The summed E-state index contributed by atoms with van der Waals surface area (Å²) in [6.07, 6.45) is 0.114. The molecule has 2 amide bonds. The minimum Gasteiger partial charge on any atom is -0.495 e. The fourth-order valence-corrected chi connectivity index (χ4v) is 1.93. The lowest BCUT2D eigenvalue weighted by molar-refractivity contribution is -0.384. The third-order valence-electron chi connectivity index (χ3n) is 3.00. The Labute approximate surface area is 114 Å². The van der Waals surface area contributed by atoms with E-state index in [9.17, 15) is 19.7 Å². The molecule has 1 unspecified atom stereocenters. The predicted octanol–water partition coefficient (Wildman–Crippen LogP) is 0.678. The summed E-state index contributed by atoms with van der Waals surface area (Å²) >= 11 is 0. The molecule has 0 bridgehead atoms. The Morgan fingerprint density at radius 3 is 2.85 bits per heavy atom. The number of ether oxygens (including phenoxy) is 1. The smallest absolute Gasteiger partial charge is 0.271 e. The van der Waals surface area contributed by atoms with Crippen LogP contribution in [0.4, 0.5) is 11.4 Å². The Morgan fingerprint density at radius 2 is 2.30 bits per heavy atom. The van der Waals surface area contributed by atoms with Gasteiger partial charge in [0.2, 0.25) is 11.8 Å². The average Bonchev–Trinajstić information content (AvgIpc) is 2.85. The van der Waals surface area contributed by atoms with E-state index in [2.05, 4.69) is 10.6 Å². The fraction of sp³-hybridized carbons (Fsp3) is 0.333. The minimum atomic E-state index is -0.560. The van der Waals surface area contributed by atoms with Gasteiger partial charge in [0.1, 0.15) is 5.75 Å². The highest BCUT2D eigenvalue weighted by molar-refractivity contribution is 5.98. The van der Waals surface area contributed by atoms with Crippen LogP contribution in [0.15, 0.2) is 18.2 Å². The monoisotopic (exact) mass is 279 g/mol. The topological polar surface area (TPSA) is 111 Å². The van der Waals surface area contributed by atoms with Crippen molar-refractivity contribution < 1.29 is 19.2 Å². The van der Waals surface area contributed by atoms with E-state index in [4.69, 9.17) is 4.74 Å². The maximum Gasteiger partial charge on any atom is 0.271 e. The van der Waals surface area contributed by atoms with Crippen molar-refractivity contribution in [1.82, 2.24) is 5.32 Å². The van der Waals surface area contributed by atoms with Crippen molar-refractivity contribution in [2.75, 3.05) is 19.0 Å². The fourth-order valence-electron chi connectivity index (χ4n) is 1.93. The first-order chi connectivity index (χ1) is 9.51. The van der Waals surface area contributed by atoms with Gasteiger partial charge in [-0.2, -0.15) is 0 Å². The number of nitro groups is 1. The number of amides is 2. The normalized spacial score (nSPS) is 17.4. The Morgan fingerprint density at radius 1 is 1.55 bits per heavy atom. The number of nitrogens with one attached hydrogen (secondary N) is 2. The van der Waals surface area contributed by atoms with E-state index in [0.29, 0.717) is 5.75 Å². The number of anilines is 1. The number of hydrogen-bond acceptors (Lipinski definition) is 5. The Bertz CT molecular complexity index is 572. The molecule has 0 aliphatic carbocycles. The largest absolute Gasteiger partial charge is 0.495 e. The van der Waals surface area contributed by atoms with Gasteiger partial charge >= 0.3 is 0 Å². The Kier molecular flexibility index (Phi) is 3.83. The maximum absolute atomic E-state index is 12.0. The highest BCUT2D eigenvalue weighted by Gasteiger charge is 2.28. The van der Waals surface area contributed by atoms with Crippen LogP contribution >= 0.6 is 0 Å². The van der Waals surface area contributed by atoms with Gasteiger partial charge in [-0.05, 0) is 6.07 Å². The number of benzene rings is 1. The zero-order valence-corrected chi connectivity index (χ0v) is 10.7. The van der Waals surface area contributed by atoms with Crippen molar-refractivity contribution >= 4 is 23.2 Å². The Hall–Kier alpha value is -2.64. The van der Waals surface area contributed by atoms with Crippen LogP contribution in [0.3, 0.4) is 0 Å². The zero-order chi connectivity index (χ0) is 14.7. The van der Waals surface area contributed by atoms with Crippen molar-refractivity contribution in [2.45, 2.75) is 6.42 Å². The van der Waals surface area contributed by atoms with Gasteiger partial charge in [0.25, 0.3) is 5.69 Å². The molecule has 0 aromatic heterocycles. The van der Waals surface area contributed by atoms with Gasteiger partial charge in [-0.15, -0.1) is 0 Å². The van der Waals surface area contributed by atoms with Crippen LogP contribution in [0.2, 0.25) is 0 Å². The molecule has 1 saturated heterocycles. The molecule has 1 fully saturated rings. The summed E-state index contributed by atoms with van der Waals surface area (Å²) in [6.45, 7) is 0.266. The molecule has 1 heterocycles. The van der Waals surface area contributed by atoms with E-state index in [0.717, 1.165) is 0 Å². The molecule has 1 aromatic carbocycles. The third-order valence-corrected chi connectivity index (χ3v) is 3.00. The van der Waals surface area contributed by atoms with Crippen LogP contribution in [0, 0.1) is 16.0 Å². The second-order valence-electron chi connectivity index (χ2n) is 4.34. The number of hydrogen-bond donors (Lipinski definition) is 2. The molecular weight excluding hydrogens is 266 g/mol. The van der Waals surface area contributed by atoms with Crippen molar-refractivity contribution in [2.24, 2.45) is 5.92 Å². The van der Waals surface area contributed by atoms with Gasteiger partial charge in [0.15, 0.2) is 0 Å². The molecule has 0 spiro atoms. The van der Waals surface area contributed by atoms with E-state index in [-0.39, 0.29) is 36.2 Å². The summed E-state index contributed by atoms with van der Waals surface area (Å²) in [5.41, 5.74) is 0.0628. The zero-order valence-electron chi connectivity index (χ0n) is 10.7. The molecule has 1 aliphatic heterocycles. The SMILES string of the molecule is COc1ccc([N+](=O)[O-])cc1NC(=O)C1CNC(=O)C1. The van der Waals surface area contributed by atoms with E-state index in [1.165, 1.54) is 25.3 Å². The first kappa shape index (κ1) is 13.8. The van der Waals surface area contributed by atoms with Crippen LogP contribution in [0.5, 0.6) is 5.75 Å². The summed E-state index contributed by atoms with van der Waals surface area (Å²) in [4.78, 5) is 33.2. The molecule has 1 aromatic rings. The number of carbonyl (C=O) groups is 2. The number of non-ortho nitro benzene ring substituents is 1. The van der Waals surface area contributed by atoms with Crippen molar-refractivity contribution in [3.05, 3.63) is 28.3 Å². The highest BCUT2D eigenvalue weighted by Crippen LogP contribution is 2.29. The molecule has 0 radical (unpaired) electrons. The molecule has 106 valence electrons. The second-order valence-corrected chi connectivity index (χ2v) is 4.34.